The van der Waals surface area contributed by atoms with Crippen molar-refractivity contribution < 1.29 is 0 Å². The summed E-state index contributed by atoms with van der Waals surface area (Å²) in [6.45, 7) is 8.13. The van der Waals surface area contributed by atoms with Crippen LogP contribution in [-0.2, 0) is 0 Å². The average Bonchev–Trinajstić information content (AvgIpc) is 2.15. The monoisotopic (exact) mass is 126 g/mol. The van der Waals surface area contributed by atoms with Crippen LogP contribution in [0.5, 0.6) is 0 Å². The van der Waals surface area contributed by atoms with Crippen molar-refractivity contribution in [3.63, 3.8) is 0 Å². The third-order valence-electron chi connectivity index (χ3n) is 1.94. The highest BCUT2D eigenvalue weighted by Crippen LogP contribution is 2.16. The van der Waals surface area contributed by atoms with Crippen LogP contribution < -0.4 is 5.73 Å². The van der Waals surface area contributed by atoms with Crippen molar-refractivity contribution in [1.29, 1.82) is 0 Å². The molecule has 1 heterocycles. The first-order valence-corrected chi connectivity index (χ1v) is 3.43. The van der Waals surface area contributed by atoms with Gasteiger partial charge < -0.3 is 5.73 Å². The van der Waals surface area contributed by atoms with Gasteiger partial charge in [-0.05, 0) is 18.5 Å². The van der Waals surface area contributed by atoms with Gasteiger partial charge in [0.25, 0.3) is 0 Å². The van der Waals surface area contributed by atoms with Crippen molar-refractivity contribution in [2.24, 2.45) is 5.73 Å². The van der Waals surface area contributed by atoms with Gasteiger partial charge in [0.2, 0.25) is 0 Å². The topological polar surface area (TPSA) is 29.3 Å². The van der Waals surface area contributed by atoms with Crippen LogP contribution in [0.15, 0.2) is 12.2 Å². The van der Waals surface area contributed by atoms with Crippen molar-refractivity contribution in [2.75, 3.05) is 13.1 Å². The molecule has 1 aliphatic heterocycles. The number of nitrogens with two attached hydrogens (primary N) is 1. The molecule has 0 saturated carbocycles. The summed E-state index contributed by atoms with van der Waals surface area (Å²) in [6.07, 6.45) is 1.21. The smallest absolute Gasteiger partial charge is 0.0792 e. The Bertz CT molecular complexity index is 120. The lowest BCUT2D eigenvalue weighted by molar-refractivity contribution is 0.288. The number of likely N-dealkylation sites (tertiary alicyclic amines) is 1. The molecule has 0 aliphatic carbocycles. The van der Waals surface area contributed by atoms with Crippen molar-refractivity contribution in [3.8, 4) is 0 Å². The fourth-order valence-corrected chi connectivity index (χ4v) is 1.19. The third-order valence-corrected chi connectivity index (χ3v) is 1.94. The highest BCUT2D eigenvalue weighted by Gasteiger charge is 2.21. The van der Waals surface area contributed by atoms with Gasteiger partial charge in [0.05, 0.1) is 6.17 Å². The van der Waals surface area contributed by atoms with Gasteiger partial charge in [-0.2, -0.15) is 0 Å². The van der Waals surface area contributed by atoms with Gasteiger partial charge in [0.1, 0.15) is 0 Å². The predicted octanol–water partition coefficient (Wildman–Crippen LogP) is 0.553. The Hall–Kier alpha value is -0.340. The minimum atomic E-state index is 0.134. The number of rotatable bonds is 1. The van der Waals surface area contributed by atoms with Crippen LogP contribution in [0.25, 0.3) is 0 Å². The van der Waals surface area contributed by atoms with Gasteiger partial charge in [-0.25, -0.2) is 0 Å². The molecule has 1 saturated heterocycles. The molecule has 2 heteroatoms. The summed E-state index contributed by atoms with van der Waals surface area (Å²) in [5.41, 5.74) is 6.94. The zero-order valence-corrected chi connectivity index (χ0v) is 5.93. The maximum absolute atomic E-state index is 5.76. The van der Waals surface area contributed by atoms with Gasteiger partial charge in [0.15, 0.2) is 0 Å². The Balaban J connectivity index is 2.51. The predicted molar refractivity (Wildman–Crippen MR) is 39.0 cm³/mol. The first-order chi connectivity index (χ1) is 4.25. The molecule has 1 atom stereocenters. The fraction of sp³-hybridized carbons (Fsp3) is 0.714. The molecule has 9 heavy (non-hydrogen) atoms. The molecular formula is C7H14N2. The van der Waals surface area contributed by atoms with E-state index in [1.165, 1.54) is 5.57 Å². The Morgan fingerprint density at radius 1 is 1.89 bits per heavy atom. The van der Waals surface area contributed by atoms with E-state index in [2.05, 4.69) is 18.4 Å². The molecule has 0 aromatic carbocycles. The van der Waals surface area contributed by atoms with E-state index in [-0.39, 0.29) is 6.17 Å². The minimum Gasteiger partial charge on any atom is -0.312 e. The maximum Gasteiger partial charge on any atom is 0.0792 e. The van der Waals surface area contributed by atoms with E-state index in [1.807, 2.05) is 0 Å². The molecule has 0 bridgehead atoms. The standard InChI is InChI=1S/C7H14N2/c1-3-9-5-4-6(2)7(9)8/h7H,2-5,8H2,1H3. The number of hydrogen-bond acceptors (Lipinski definition) is 2. The molecule has 2 N–H and O–H groups in total. The van der Waals surface area contributed by atoms with Gasteiger partial charge in [0, 0.05) is 6.54 Å². The average molecular weight is 126 g/mol. The molecule has 2 nitrogen and oxygen atoms in total. The minimum absolute atomic E-state index is 0.134. The van der Waals surface area contributed by atoms with Crippen LogP contribution >= 0.6 is 0 Å². The summed E-state index contributed by atoms with van der Waals surface area (Å²) < 4.78 is 0. The van der Waals surface area contributed by atoms with Crippen LogP contribution in [0.1, 0.15) is 13.3 Å². The summed E-state index contributed by atoms with van der Waals surface area (Å²) in [6, 6.07) is 0. The second-order valence-electron chi connectivity index (χ2n) is 2.48. The first-order valence-electron chi connectivity index (χ1n) is 3.43. The summed E-state index contributed by atoms with van der Waals surface area (Å²) in [5, 5.41) is 0. The fourth-order valence-electron chi connectivity index (χ4n) is 1.19. The zero-order chi connectivity index (χ0) is 6.85. The highest BCUT2D eigenvalue weighted by atomic mass is 15.2. The molecule has 52 valence electrons. The molecule has 0 spiro atoms. The van der Waals surface area contributed by atoms with Crippen LogP contribution in [0, 0.1) is 0 Å². The first kappa shape index (κ1) is 6.78. The van der Waals surface area contributed by atoms with Crippen LogP contribution in [-0.4, -0.2) is 24.2 Å². The number of likely N-dealkylation sites (N-methyl/N-ethyl adjacent to an activating group) is 1. The SMILES string of the molecule is C=C1CCN(CC)C1N. The largest absolute Gasteiger partial charge is 0.312 e. The van der Waals surface area contributed by atoms with Crippen molar-refractivity contribution in [2.45, 2.75) is 19.5 Å². The van der Waals surface area contributed by atoms with Crippen molar-refractivity contribution >= 4 is 0 Å². The second-order valence-corrected chi connectivity index (χ2v) is 2.48. The second kappa shape index (κ2) is 2.50. The molecule has 0 aromatic heterocycles. The van der Waals surface area contributed by atoms with Gasteiger partial charge in [-0.3, -0.25) is 4.90 Å². The Labute approximate surface area is 56.3 Å². The number of hydrogen-bond donors (Lipinski definition) is 1. The molecule has 0 amide bonds. The van der Waals surface area contributed by atoms with Crippen molar-refractivity contribution in [1.82, 2.24) is 4.90 Å². The van der Waals surface area contributed by atoms with E-state index in [1.54, 1.807) is 0 Å². The number of nitrogens with zero attached hydrogens (tertiary/aromatic N) is 1. The Morgan fingerprint density at radius 3 is 2.78 bits per heavy atom. The van der Waals surface area contributed by atoms with E-state index in [0.717, 1.165) is 19.5 Å². The third kappa shape index (κ3) is 1.14. The molecule has 1 fully saturated rings. The normalized spacial score (nSPS) is 29.6. The van der Waals surface area contributed by atoms with Gasteiger partial charge in [-0.15, -0.1) is 0 Å². The van der Waals surface area contributed by atoms with Crippen LogP contribution in [0.3, 0.4) is 0 Å². The van der Waals surface area contributed by atoms with Crippen LogP contribution in [0.4, 0.5) is 0 Å². The van der Waals surface area contributed by atoms with E-state index in [9.17, 15) is 0 Å². The molecule has 1 unspecified atom stereocenters. The summed E-state index contributed by atoms with van der Waals surface area (Å²) in [5.74, 6) is 0. The van der Waals surface area contributed by atoms with E-state index in [4.69, 9.17) is 5.73 Å². The molecule has 1 rings (SSSR count). The van der Waals surface area contributed by atoms with E-state index in [0.29, 0.717) is 0 Å². The lowest BCUT2D eigenvalue weighted by Crippen LogP contribution is -2.36. The molecule has 1 aliphatic rings. The summed E-state index contributed by atoms with van der Waals surface area (Å²) >= 11 is 0. The highest BCUT2D eigenvalue weighted by molar-refractivity contribution is 5.09. The van der Waals surface area contributed by atoms with Gasteiger partial charge >= 0.3 is 0 Å². The van der Waals surface area contributed by atoms with Crippen molar-refractivity contribution in [3.05, 3.63) is 12.2 Å². The summed E-state index contributed by atoms with van der Waals surface area (Å²) in [7, 11) is 0. The molecular weight excluding hydrogens is 112 g/mol. The Morgan fingerprint density at radius 2 is 2.56 bits per heavy atom. The van der Waals surface area contributed by atoms with E-state index >= 15 is 0 Å². The van der Waals surface area contributed by atoms with Crippen LogP contribution in [0.2, 0.25) is 0 Å². The summed E-state index contributed by atoms with van der Waals surface area (Å²) in [4.78, 5) is 2.22. The van der Waals surface area contributed by atoms with Gasteiger partial charge in [-0.1, -0.05) is 13.5 Å². The Kier molecular flexibility index (Phi) is 1.88. The maximum atomic E-state index is 5.76. The zero-order valence-electron chi connectivity index (χ0n) is 5.93. The lowest BCUT2D eigenvalue weighted by Gasteiger charge is -2.17. The molecule has 0 aromatic rings. The molecule has 0 radical (unpaired) electrons. The lowest BCUT2D eigenvalue weighted by atomic mass is 10.2. The van der Waals surface area contributed by atoms with E-state index < -0.39 is 0 Å². The quantitative estimate of drug-likeness (QED) is 0.520.